The summed E-state index contributed by atoms with van der Waals surface area (Å²) in [7, 11) is 6.56. The zero-order valence-electron chi connectivity index (χ0n) is 12.3. The second-order valence-electron chi connectivity index (χ2n) is 5.76. The first-order chi connectivity index (χ1) is 8.11. The Morgan fingerprint density at radius 3 is 1.41 bits per heavy atom. The largest absolute Gasteiger partial charge is 0.306 e. The van der Waals surface area contributed by atoms with Crippen molar-refractivity contribution < 1.29 is 0 Å². The van der Waals surface area contributed by atoms with Crippen molar-refractivity contribution >= 4 is 0 Å². The lowest BCUT2D eigenvalue weighted by Crippen LogP contribution is -2.42. The second kappa shape index (κ2) is 8.06. The Kier molecular flexibility index (Phi) is 7.09. The molecule has 0 bridgehead atoms. The molecule has 0 unspecified atom stereocenters. The summed E-state index contributed by atoms with van der Waals surface area (Å²) in [5.41, 5.74) is 0. The number of piperidine rings is 1. The molecular weight excluding hydrogens is 210 g/mol. The molecule has 0 spiro atoms. The molecule has 102 valence electrons. The van der Waals surface area contributed by atoms with Gasteiger partial charge in [0.15, 0.2) is 0 Å². The fraction of sp³-hybridized carbons (Fsp3) is 1.00. The van der Waals surface area contributed by atoms with E-state index >= 15 is 0 Å². The van der Waals surface area contributed by atoms with Crippen LogP contribution in [0.2, 0.25) is 0 Å². The standard InChI is InChI=1S/C8H17N.C6H14N2/c1-3-8-4-6-9(2)7-5-8;1-7-3-5-8(2)6-4-7/h8H,3-7H2,1-2H3;3-6H2,1-2H3. The molecule has 0 radical (unpaired) electrons. The first kappa shape index (κ1) is 14.9. The number of hydrogen-bond acceptors (Lipinski definition) is 3. The van der Waals surface area contributed by atoms with Crippen LogP contribution >= 0.6 is 0 Å². The molecule has 0 N–H and O–H groups in total. The molecular formula is C14H31N3. The Bertz CT molecular complexity index is 170. The zero-order valence-corrected chi connectivity index (χ0v) is 12.3. The van der Waals surface area contributed by atoms with Gasteiger partial charge in [0.2, 0.25) is 0 Å². The van der Waals surface area contributed by atoms with E-state index in [0.29, 0.717) is 0 Å². The first-order valence-electron chi connectivity index (χ1n) is 7.17. The molecule has 2 saturated heterocycles. The van der Waals surface area contributed by atoms with Crippen molar-refractivity contribution in [3.8, 4) is 0 Å². The Morgan fingerprint density at radius 1 is 0.706 bits per heavy atom. The molecule has 3 nitrogen and oxygen atoms in total. The highest BCUT2D eigenvalue weighted by Gasteiger charge is 2.13. The van der Waals surface area contributed by atoms with Gasteiger partial charge in [-0.25, -0.2) is 0 Å². The van der Waals surface area contributed by atoms with Crippen LogP contribution in [0.25, 0.3) is 0 Å². The lowest BCUT2D eigenvalue weighted by atomic mass is 9.95. The van der Waals surface area contributed by atoms with Gasteiger partial charge in [0.25, 0.3) is 0 Å². The highest BCUT2D eigenvalue weighted by molar-refractivity contribution is 4.68. The van der Waals surface area contributed by atoms with Gasteiger partial charge in [-0.05, 0) is 53.0 Å². The molecule has 2 aliphatic heterocycles. The van der Waals surface area contributed by atoms with Gasteiger partial charge >= 0.3 is 0 Å². The van der Waals surface area contributed by atoms with Crippen molar-refractivity contribution in [2.45, 2.75) is 26.2 Å². The normalized spacial score (nSPS) is 25.4. The van der Waals surface area contributed by atoms with Crippen molar-refractivity contribution in [3.63, 3.8) is 0 Å². The third kappa shape index (κ3) is 6.39. The Labute approximate surface area is 108 Å². The van der Waals surface area contributed by atoms with Gasteiger partial charge in [0.1, 0.15) is 0 Å². The van der Waals surface area contributed by atoms with Gasteiger partial charge in [0.05, 0.1) is 0 Å². The fourth-order valence-corrected chi connectivity index (χ4v) is 2.38. The van der Waals surface area contributed by atoms with Gasteiger partial charge in [-0.1, -0.05) is 13.3 Å². The summed E-state index contributed by atoms with van der Waals surface area (Å²) >= 11 is 0. The smallest absolute Gasteiger partial charge is 0.0107 e. The molecule has 2 rings (SSSR count). The Morgan fingerprint density at radius 2 is 1.06 bits per heavy atom. The third-order valence-electron chi connectivity index (χ3n) is 4.14. The summed E-state index contributed by atoms with van der Waals surface area (Å²) in [6.45, 7) is 9.87. The van der Waals surface area contributed by atoms with Crippen LogP contribution in [-0.2, 0) is 0 Å². The molecule has 0 aromatic heterocycles. The summed E-state index contributed by atoms with van der Waals surface area (Å²) in [5.74, 6) is 1.03. The van der Waals surface area contributed by atoms with Crippen LogP contribution in [-0.4, -0.2) is 75.1 Å². The van der Waals surface area contributed by atoms with Crippen LogP contribution < -0.4 is 0 Å². The average molecular weight is 241 g/mol. The van der Waals surface area contributed by atoms with Gasteiger partial charge in [0, 0.05) is 26.2 Å². The number of rotatable bonds is 1. The monoisotopic (exact) mass is 241 g/mol. The van der Waals surface area contributed by atoms with Crippen LogP contribution in [0, 0.1) is 5.92 Å². The minimum Gasteiger partial charge on any atom is -0.306 e. The molecule has 2 fully saturated rings. The Hall–Kier alpha value is -0.120. The van der Waals surface area contributed by atoms with Gasteiger partial charge in [-0.3, -0.25) is 0 Å². The summed E-state index contributed by atoms with van der Waals surface area (Å²) in [6, 6.07) is 0. The fourth-order valence-electron chi connectivity index (χ4n) is 2.38. The maximum Gasteiger partial charge on any atom is 0.0107 e. The lowest BCUT2D eigenvalue weighted by Gasteiger charge is -2.28. The maximum absolute atomic E-state index is 2.42. The topological polar surface area (TPSA) is 9.72 Å². The predicted molar refractivity (Wildman–Crippen MR) is 75.5 cm³/mol. The molecule has 3 heteroatoms. The number of hydrogen-bond donors (Lipinski definition) is 0. The highest BCUT2D eigenvalue weighted by Crippen LogP contribution is 2.18. The van der Waals surface area contributed by atoms with Gasteiger partial charge in [-0.2, -0.15) is 0 Å². The van der Waals surface area contributed by atoms with E-state index in [0.717, 1.165) is 5.92 Å². The number of likely N-dealkylation sites (tertiary alicyclic amines) is 1. The molecule has 2 heterocycles. The second-order valence-corrected chi connectivity index (χ2v) is 5.76. The van der Waals surface area contributed by atoms with Gasteiger partial charge in [-0.15, -0.1) is 0 Å². The van der Waals surface area contributed by atoms with E-state index in [-0.39, 0.29) is 0 Å². The van der Waals surface area contributed by atoms with Gasteiger partial charge < -0.3 is 14.7 Å². The molecule has 0 atom stereocenters. The number of likely N-dealkylation sites (N-methyl/N-ethyl adjacent to an activating group) is 2. The summed E-state index contributed by atoms with van der Waals surface area (Å²) < 4.78 is 0. The number of nitrogens with zero attached hydrogens (tertiary/aromatic N) is 3. The molecule has 2 aliphatic rings. The molecule has 0 saturated carbocycles. The molecule has 0 amide bonds. The van der Waals surface area contributed by atoms with Crippen LogP contribution in [0.1, 0.15) is 26.2 Å². The first-order valence-corrected chi connectivity index (χ1v) is 7.17. The summed E-state index contributed by atoms with van der Waals surface area (Å²) in [6.07, 6.45) is 4.23. The van der Waals surface area contributed by atoms with E-state index < -0.39 is 0 Å². The molecule has 0 aromatic rings. The molecule has 0 aliphatic carbocycles. The predicted octanol–water partition coefficient (Wildman–Crippen LogP) is 1.60. The van der Waals surface area contributed by atoms with Crippen molar-refractivity contribution in [2.75, 3.05) is 60.4 Å². The van der Waals surface area contributed by atoms with Crippen molar-refractivity contribution in [3.05, 3.63) is 0 Å². The van der Waals surface area contributed by atoms with Crippen LogP contribution in [0.15, 0.2) is 0 Å². The van der Waals surface area contributed by atoms with Crippen molar-refractivity contribution in [1.82, 2.24) is 14.7 Å². The van der Waals surface area contributed by atoms with E-state index in [1.54, 1.807) is 0 Å². The van der Waals surface area contributed by atoms with Crippen molar-refractivity contribution in [2.24, 2.45) is 5.92 Å². The van der Waals surface area contributed by atoms with Crippen LogP contribution in [0.5, 0.6) is 0 Å². The average Bonchev–Trinajstić information content (AvgIpc) is 2.35. The van der Waals surface area contributed by atoms with E-state index in [4.69, 9.17) is 0 Å². The van der Waals surface area contributed by atoms with E-state index in [9.17, 15) is 0 Å². The number of piperazine rings is 1. The van der Waals surface area contributed by atoms with E-state index in [1.807, 2.05) is 0 Å². The third-order valence-corrected chi connectivity index (χ3v) is 4.14. The Balaban J connectivity index is 0.000000171. The van der Waals surface area contributed by atoms with E-state index in [2.05, 4.69) is 42.8 Å². The SMILES string of the molecule is CCC1CCN(C)CC1.CN1CCN(C)CC1. The molecule has 0 aromatic carbocycles. The van der Waals surface area contributed by atoms with E-state index in [1.165, 1.54) is 58.5 Å². The molecule has 17 heavy (non-hydrogen) atoms. The van der Waals surface area contributed by atoms with Crippen LogP contribution in [0.3, 0.4) is 0 Å². The van der Waals surface area contributed by atoms with Crippen molar-refractivity contribution in [1.29, 1.82) is 0 Å². The summed E-state index contributed by atoms with van der Waals surface area (Å²) in [4.78, 5) is 7.14. The minimum atomic E-state index is 1.03. The lowest BCUT2D eigenvalue weighted by molar-refractivity contribution is 0.181. The zero-order chi connectivity index (χ0) is 12.7. The minimum absolute atomic E-state index is 1.03. The highest BCUT2D eigenvalue weighted by atomic mass is 15.2. The quantitative estimate of drug-likeness (QED) is 0.690. The van der Waals surface area contributed by atoms with Crippen LogP contribution in [0.4, 0.5) is 0 Å². The maximum atomic E-state index is 2.42. The summed E-state index contributed by atoms with van der Waals surface area (Å²) in [5, 5.41) is 0.